The van der Waals surface area contributed by atoms with Crippen molar-refractivity contribution in [1.29, 1.82) is 0 Å². The van der Waals surface area contributed by atoms with Crippen LogP contribution in [0.25, 0.3) is 0 Å². The standard InChI is InChI=1S/C14H28N2/c1-12-9-10-16(11-14(12)15)13-7-5-3-2-4-6-8-13/h12-14H,2-11,15H2,1H3. The summed E-state index contributed by atoms with van der Waals surface area (Å²) in [5.74, 6) is 0.727. The van der Waals surface area contributed by atoms with Crippen LogP contribution in [0.2, 0.25) is 0 Å². The van der Waals surface area contributed by atoms with Crippen molar-refractivity contribution in [2.75, 3.05) is 13.1 Å². The van der Waals surface area contributed by atoms with Crippen molar-refractivity contribution in [3.05, 3.63) is 0 Å². The number of hydrogen-bond acceptors (Lipinski definition) is 2. The molecule has 1 heterocycles. The van der Waals surface area contributed by atoms with Crippen molar-refractivity contribution in [2.45, 2.75) is 70.4 Å². The molecule has 0 spiro atoms. The van der Waals surface area contributed by atoms with Gasteiger partial charge in [-0.05, 0) is 31.7 Å². The molecular weight excluding hydrogens is 196 g/mol. The smallest absolute Gasteiger partial charge is 0.0194 e. The van der Waals surface area contributed by atoms with Crippen molar-refractivity contribution in [2.24, 2.45) is 11.7 Å². The van der Waals surface area contributed by atoms with E-state index in [-0.39, 0.29) is 0 Å². The van der Waals surface area contributed by atoms with Gasteiger partial charge in [0.25, 0.3) is 0 Å². The van der Waals surface area contributed by atoms with Crippen molar-refractivity contribution in [3.8, 4) is 0 Å². The summed E-state index contributed by atoms with van der Waals surface area (Å²) < 4.78 is 0. The maximum atomic E-state index is 6.20. The zero-order valence-corrected chi connectivity index (χ0v) is 10.8. The molecule has 1 aliphatic carbocycles. The molecule has 2 heteroatoms. The van der Waals surface area contributed by atoms with Gasteiger partial charge in [-0.3, -0.25) is 4.90 Å². The van der Waals surface area contributed by atoms with E-state index in [2.05, 4.69) is 11.8 Å². The molecule has 2 atom stereocenters. The topological polar surface area (TPSA) is 29.3 Å². The molecule has 0 amide bonds. The first-order chi connectivity index (χ1) is 7.77. The van der Waals surface area contributed by atoms with Crippen LogP contribution in [0.5, 0.6) is 0 Å². The van der Waals surface area contributed by atoms with Crippen molar-refractivity contribution < 1.29 is 0 Å². The fourth-order valence-electron chi connectivity index (χ4n) is 3.26. The molecule has 2 unspecified atom stereocenters. The summed E-state index contributed by atoms with van der Waals surface area (Å²) in [6.45, 7) is 4.74. The van der Waals surface area contributed by atoms with Gasteiger partial charge in [-0.25, -0.2) is 0 Å². The first-order valence-corrected chi connectivity index (χ1v) is 7.27. The quantitative estimate of drug-likeness (QED) is 0.742. The molecular formula is C14H28N2. The predicted octanol–water partition coefficient (Wildman–Crippen LogP) is 2.77. The third-order valence-corrected chi connectivity index (χ3v) is 4.64. The molecule has 0 aromatic heterocycles. The van der Waals surface area contributed by atoms with Crippen LogP contribution in [0.15, 0.2) is 0 Å². The summed E-state index contributed by atoms with van der Waals surface area (Å²) >= 11 is 0. The van der Waals surface area contributed by atoms with E-state index in [0.717, 1.165) is 18.5 Å². The van der Waals surface area contributed by atoms with Crippen LogP contribution in [0.1, 0.15) is 58.3 Å². The Morgan fingerprint density at radius 3 is 2.19 bits per heavy atom. The van der Waals surface area contributed by atoms with Gasteiger partial charge in [0.05, 0.1) is 0 Å². The Bertz CT molecular complexity index is 194. The number of hydrogen-bond donors (Lipinski definition) is 1. The Hall–Kier alpha value is -0.0800. The molecule has 0 aromatic carbocycles. The highest BCUT2D eigenvalue weighted by molar-refractivity contribution is 4.85. The highest BCUT2D eigenvalue weighted by atomic mass is 15.2. The average Bonchev–Trinajstić information content (AvgIpc) is 2.22. The lowest BCUT2D eigenvalue weighted by Gasteiger charge is -2.40. The zero-order valence-electron chi connectivity index (χ0n) is 10.8. The lowest BCUT2D eigenvalue weighted by molar-refractivity contribution is 0.103. The second-order valence-electron chi connectivity index (χ2n) is 5.92. The number of nitrogens with two attached hydrogens (primary N) is 1. The van der Waals surface area contributed by atoms with Crippen molar-refractivity contribution >= 4 is 0 Å². The second-order valence-corrected chi connectivity index (χ2v) is 5.92. The van der Waals surface area contributed by atoms with Gasteiger partial charge in [0, 0.05) is 18.6 Å². The third-order valence-electron chi connectivity index (χ3n) is 4.64. The normalized spacial score (nSPS) is 35.6. The molecule has 1 saturated carbocycles. The Kier molecular flexibility index (Phi) is 4.66. The molecule has 0 radical (unpaired) electrons. The van der Waals surface area contributed by atoms with E-state index in [1.165, 1.54) is 57.9 Å². The van der Waals surface area contributed by atoms with Crippen LogP contribution in [-0.2, 0) is 0 Å². The number of rotatable bonds is 1. The van der Waals surface area contributed by atoms with Gasteiger partial charge in [-0.2, -0.15) is 0 Å². The molecule has 16 heavy (non-hydrogen) atoms. The lowest BCUT2D eigenvalue weighted by Crippen LogP contribution is -2.51. The molecule has 1 aliphatic heterocycles. The molecule has 2 nitrogen and oxygen atoms in total. The average molecular weight is 224 g/mol. The van der Waals surface area contributed by atoms with Gasteiger partial charge < -0.3 is 5.73 Å². The molecule has 0 bridgehead atoms. The van der Waals surface area contributed by atoms with Crippen LogP contribution in [0.4, 0.5) is 0 Å². The SMILES string of the molecule is CC1CCN(C2CCCCCCC2)CC1N. The van der Waals surface area contributed by atoms with Crippen LogP contribution >= 0.6 is 0 Å². The van der Waals surface area contributed by atoms with E-state index >= 15 is 0 Å². The first kappa shape index (κ1) is 12.4. The van der Waals surface area contributed by atoms with E-state index in [1.54, 1.807) is 0 Å². The van der Waals surface area contributed by atoms with E-state index in [4.69, 9.17) is 5.73 Å². The monoisotopic (exact) mass is 224 g/mol. The Morgan fingerprint density at radius 2 is 1.56 bits per heavy atom. The number of piperidine rings is 1. The summed E-state index contributed by atoms with van der Waals surface area (Å²) in [6, 6.07) is 1.26. The predicted molar refractivity (Wildman–Crippen MR) is 69.4 cm³/mol. The molecule has 0 aromatic rings. The Morgan fingerprint density at radius 1 is 0.938 bits per heavy atom. The maximum absolute atomic E-state index is 6.20. The summed E-state index contributed by atoms with van der Waals surface area (Å²) in [6.07, 6.45) is 11.4. The lowest BCUT2D eigenvalue weighted by atomic mass is 9.90. The van der Waals surface area contributed by atoms with Gasteiger partial charge >= 0.3 is 0 Å². The number of likely N-dealkylation sites (tertiary alicyclic amines) is 1. The van der Waals surface area contributed by atoms with Crippen LogP contribution in [0.3, 0.4) is 0 Å². The van der Waals surface area contributed by atoms with Crippen molar-refractivity contribution in [1.82, 2.24) is 4.90 Å². The van der Waals surface area contributed by atoms with Gasteiger partial charge in [0.2, 0.25) is 0 Å². The van der Waals surface area contributed by atoms with Gasteiger partial charge in [0.15, 0.2) is 0 Å². The molecule has 94 valence electrons. The van der Waals surface area contributed by atoms with E-state index in [9.17, 15) is 0 Å². The highest BCUT2D eigenvalue weighted by Gasteiger charge is 2.27. The molecule has 2 N–H and O–H groups in total. The highest BCUT2D eigenvalue weighted by Crippen LogP contribution is 2.25. The fraction of sp³-hybridized carbons (Fsp3) is 1.00. The van der Waals surface area contributed by atoms with Gasteiger partial charge in [0.1, 0.15) is 0 Å². The van der Waals surface area contributed by atoms with Crippen LogP contribution in [-0.4, -0.2) is 30.1 Å². The summed E-state index contributed by atoms with van der Waals surface area (Å²) in [4.78, 5) is 2.69. The fourth-order valence-corrected chi connectivity index (χ4v) is 3.26. The molecule has 2 fully saturated rings. The second kappa shape index (κ2) is 6.02. The van der Waals surface area contributed by atoms with E-state index in [1.807, 2.05) is 0 Å². The van der Waals surface area contributed by atoms with E-state index in [0.29, 0.717) is 6.04 Å². The van der Waals surface area contributed by atoms with Crippen LogP contribution in [0, 0.1) is 5.92 Å². The Balaban J connectivity index is 1.85. The summed E-state index contributed by atoms with van der Waals surface area (Å²) in [7, 11) is 0. The maximum Gasteiger partial charge on any atom is 0.0194 e. The van der Waals surface area contributed by atoms with Crippen LogP contribution < -0.4 is 5.73 Å². The summed E-state index contributed by atoms with van der Waals surface area (Å²) in [5, 5.41) is 0. The van der Waals surface area contributed by atoms with Crippen molar-refractivity contribution in [3.63, 3.8) is 0 Å². The first-order valence-electron chi connectivity index (χ1n) is 7.27. The van der Waals surface area contributed by atoms with Gasteiger partial charge in [-0.15, -0.1) is 0 Å². The number of nitrogens with zero attached hydrogens (tertiary/aromatic N) is 1. The summed E-state index contributed by atoms with van der Waals surface area (Å²) in [5.41, 5.74) is 6.20. The van der Waals surface area contributed by atoms with Gasteiger partial charge in [-0.1, -0.05) is 39.0 Å². The largest absolute Gasteiger partial charge is 0.326 e. The molecule has 2 aliphatic rings. The zero-order chi connectivity index (χ0) is 11.4. The minimum absolute atomic E-state index is 0.416. The Labute approximate surface area is 101 Å². The molecule has 1 saturated heterocycles. The third kappa shape index (κ3) is 3.21. The molecule has 2 rings (SSSR count). The minimum Gasteiger partial charge on any atom is -0.326 e. The van der Waals surface area contributed by atoms with E-state index < -0.39 is 0 Å². The minimum atomic E-state index is 0.416.